The van der Waals surface area contributed by atoms with Crippen LogP contribution in [-0.2, 0) is 28.7 Å². The van der Waals surface area contributed by atoms with Crippen LogP contribution in [0.2, 0.25) is 0 Å². The Labute approximate surface area is 217 Å². The maximum Gasteiger partial charge on any atom is 0.308 e. The fourth-order valence-electron chi connectivity index (χ4n) is 7.50. The molecule has 8 heteroatoms. The summed E-state index contributed by atoms with van der Waals surface area (Å²) in [5.41, 5.74) is -0.561. The molecule has 1 saturated carbocycles. The number of fused-ring (bicyclic) bond motifs is 4. The van der Waals surface area contributed by atoms with E-state index in [0.29, 0.717) is 19.3 Å². The van der Waals surface area contributed by atoms with Gasteiger partial charge in [-0.15, -0.1) is 0 Å². The monoisotopic (exact) mass is 514 g/mol. The molecule has 7 atom stereocenters. The maximum atomic E-state index is 13.8. The summed E-state index contributed by atoms with van der Waals surface area (Å²) >= 11 is 0. The van der Waals surface area contributed by atoms with Crippen LogP contribution in [0, 0.1) is 22.7 Å². The first kappa shape index (κ1) is 27.5. The smallest absolute Gasteiger partial charge is 0.308 e. The number of rotatable bonds is 7. The summed E-state index contributed by atoms with van der Waals surface area (Å²) in [7, 11) is 0. The second-order valence-corrected chi connectivity index (χ2v) is 11.4. The van der Waals surface area contributed by atoms with E-state index in [4.69, 9.17) is 9.47 Å². The predicted octanol–water partition coefficient (Wildman–Crippen LogP) is 3.50. The molecule has 0 aromatic rings. The van der Waals surface area contributed by atoms with Gasteiger partial charge in [0.2, 0.25) is 5.78 Å². The third-order valence-electron chi connectivity index (χ3n) is 9.19. The van der Waals surface area contributed by atoms with Crippen LogP contribution in [0.4, 0.5) is 0 Å². The lowest BCUT2D eigenvalue weighted by molar-refractivity contribution is -0.204. The Morgan fingerprint density at radius 3 is 2.54 bits per heavy atom. The third-order valence-corrected chi connectivity index (χ3v) is 9.19. The standard InChI is InChI=1S/C29H38O8/c1-6-8-23(33)37-29(25(34)26(35)36-22(32)7-2)12-10-19-18-13-16(3)20-14-17(30)9-11-27(20,4)24(18)21(31)15-28(19,29)5/h9,11,14,16,19,21,26,31,35H,6-8,10,12-13,15H2,1-5H3/t16-,19-,21-,26?,27-,28-,29-/m0/s1. The van der Waals surface area contributed by atoms with Gasteiger partial charge in [0.15, 0.2) is 11.4 Å². The number of ketones is 2. The second-order valence-electron chi connectivity index (χ2n) is 11.4. The van der Waals surface area contributed by atoms with Crippen molar-refractivity contribution in [2.24, 2.45) is 22.7 Å². The molecule has 202 valence electrons. The van der Waals surface area contributed by atoms with Crippen LogP contribution >= 0.6 is 0 Å². The molecule has 0 aromatic carbocycles. The molecule has 0 aromatic heterocycles. The van der Waals surface area contributed by atoms with E-state index in [1.54, 1.807) is 19.1 Å². The Balaban J connectivity index is 1.82. The highest BCUT2D eigenvalue weighted by Gasteiger charge is 2.69. The second kappa shape index (κ2) is 9.62. The SMILES string of the molecule is CCCC(=O)O[C@]1(C(=O)C(O)OC(=O)CC)CC[C@H]2C3=C([C@@H](O)C[C@@]21C)[C@@]1(C)C=CC(=O)C=C1[C@@H](C)C3. The minimum Gasteiger partial charge on any atom is -0.450 e. The van der Waals surface area contributed by atoms with E-state index in [1.807, 2.05) is 26.8 Å². The summed E-state index contributed by atoms with van der Waals surface area (Å²) in [5.74, 6) is -2.40. The van der Waals surface area contributed by atoms with Crippen molar-refractivity contribution in [2.45, 2.75) is 97.6 Å². The van der Waals surface area contributed by atoms with Crippen molar-refractivity contribution in [2.75, 3.05) is 0 Å². The zero-order valence-corrected chi connectivity index (χ0v) is 22.3. The summed E-state index contributed by atoms with van der Waals surface area (Å²) in [6, 6.07) is 0. The summed E-state index contributed by atoms with van der Waals surface area (Å²) in [5, 5.41) is 22.3. The molecule has 2 N–H and O–H groups in total. The Bertz CT molecular complexity index is 1110. The lowest BCUT2D eigenvalue weighted by Crippen LogP contribution is -2.61. The fraction of sp³-hybridized carbons (Fsp3) is 0.655. The summed E-state index contributed by atoms with van der Waals surface area (Å²) in [4.78, 5) is 50.7. The van der Waals surface area contributed by atoms with Crippen molar-refractivity contribution >= 4 is 23.5 Å². The zero-order chi connectivity index (χ0) is 27.3. The topological polar surface area (TPSA) is 127 Å². The van der Waals surface area contributed by atoms with E-state index in [1.165, 1.54) is 0 Å². The van der Waals surface area contributed by atoms with Gasteiger partial charge in [-0.3, -0.25) is 19.2 Å². The van der Waals surface area contributed by atoms with Gasteiger partial charge in [-0.05, 0) is 74.2 Å². The molecule has 4 aliphatic carbocycles. The Morgan fingerprint density at radius 2 is 1.89 bits per heavy atom. The van der Waals surface area contributed by atoms with Crippen molar-refractivity contribution in [3.8, 4) is 0 Å². The molecule has 0 bridgehead atoms. The molecule has 0 saturated heterocycles. The first-order valence-corrected chi connectivity index (χ1v) is 13.3. The first-order valence-electron chi connectivity index (χ1n) is 13.3. The average Bonchev–Trinajstić information content (AvgIpc) is 3.11. The molecule has 1 unspecified atom stereocenters. The maximum absolute atomic E-state index is 13.8. The number of carbonyl (C=O) groups excluding carboxylic acids is 4. The van der Waals surface area contributed by atoms with Gasteiger partial charge in [0.25, 0.3) is 6.29 Å². The van der Waals surface area contributed by atoms with Gasteiger partial charge in [-0.1, -0.05) is 39.3 Å². The predicted molar refractivity (Wildman–Crippen MR) is 134 cm³/mol. The minimum absolute atomic E-state index is 0.0237. The highest BCUT2D eigenvalue weighted by atomic mass is 16.6. The Morgan fingerprint density at radius 1 is 1.19 bits per heavy atom. The van der Waals surface area contributed by atoms with Gasteiger partial charge in [0.1, 0.15) is 0 Å². The van der Waals surface area contributed by atoms with Crippen LogP contribution in [0.1, 0.15) is 79.6 Å². The number of hydrogen-bond acceptors (Lipinski definition) is 8. The van der Waals surface area contributed by atoms with Crippen LogP contribution in [0.3, 0.4) is 0 Å². The van der Waals surface area contributed by atoms with Crippen molar-refractivity contribution in [1.29, 1.82) is 0 Å². The molecular formula is C29H38O8. The van der Waals surface area contributed by atoms with Gasteiger partial charge in [-0.25, -0.2) is 0 Å². The quantitative estimate of drug-likeness (QED) is 0.300. The summed E-state index contributed by atoms with van der Waals surface area (Å²) in [6.07, 6.45) is 4.02. The minimum atomic E-state index is -2.07. The van der Waals surface area contributed by atoms with Crippen molar-refractivity contribution in [3.63, 3.8) is 0 Å². The molecule has 0 radical (unpaired) electrons. The van der Waals surface area contributed by atoms with E-state index in [-0.39, 0.29) is 43.3 Å². The van der Waals surface area contributed by atoms with Crippen LogP contribution in [0.15, 0.2) is 34.9 Å². The van der Waals surface area contributed by atoms with E-state index in [0.717, 1.165) is 16.7 Å². The van der Waals surface area contributed by atoms with Crippen molar-refractivity contribution in [1.82, 2.24) is 0 Å². The van der Waals surface area contributed by atoms with E-state index in [2.05, 4.69) is 6.92 Å². The molecule has 0 heterocycles. The number of ether oxygens (including phenoxy) is 2. The van der Waals surface area contributed by atoms with Gasteiger partial charge in [-0.2, -0.15) is 0 Å². The number of allylic oxidation sites excluding steroid dienone is 5. The molecule has 0 spiro atoms. The molecule has 0 aliphatic heterocycles. The lowest BCUT2D eigenvalue weighted by Gasteiger charge is -2.55. The van der Waals surface area contributed by atoms with E-state index < -0.39 is 46.5 Å². The van der Waals surface area contributed by atoms with Gasteiger partial charge >= 0.3 is 11.9 Å². The number of Topliss-reactive ketones (excluding diaryl/α,β-unsaturated/α-hetero) is 1. The highest BCUT2D eigenvalue weighted by Crippen LogP contribution is 2.66. The van der Waals surface area contributed by atoms with E-state index >= 15 is 0 Å². The largest absolute Gasteiger partial charge is 0.450 e. The van der Waals surface area contributed by atoms with Crippen molar-refractivity contribution < 1.29 is 38.9 Å². The normalized spacial score (nSPS) is 37.2. The highest BCUT2D eigenvalue weighted by molar-refractivity contribution is 6.01. The van der Waals surface area contributed by atoms with Crippen LogP contribution in [0.25, 0.3) is 0 Å². The number of aliphatic hydroxyl groups excluding tert-OH is 2. The number of hydrogen-bond donors (Lipinski definition) is 2. The van der Waals surface area contributed by atoms with Gasteiger partial charge in [0.05, 0.1) is 6.10 Å². The number of carbonyl (C=O) groups is 4. The molecule has 4 aliphatic rings. The van der Waals surface area contributed by atoms with Crippen LogP contribution in [-0.4, -0.2) is 51.7 Å². The number of esters is 2. The Hall–Kier alpha value is -2.58. The molecule has 0 amide bonds. The zero-order valence-electron chi connectivity index (χ0n) is 22.3. The molecule has 37 heavy (non-hydrogen) atoms. The molecule has 4 rings (SSSR count). The van der Waals surface area contributed by atoms with Crippen LogP contribution in [0.5, 0.6) is 0 Å². The first-order chi connectivity index (χ1) is 17.3. The Kier molecular flexibility index (Phi) is 7.14. The number of aliphatic hydroxyl groups is 2. The third kappa shape index (κ3) is 4.13. The van der Waals surface area contributed by atoms with Crippen molar-refractivity contribution in [3.05, 3.63) is 34.9 Å². The van der Waals surface area contributed by atoms with Gasteiger partial charge in [0, 0.05) is 23.7 Å². The molecule has 1 fully saturated rings. The summed E-state index contributed by atoms with van der Waals surface area (Å²) in [6.45, 7) is 9.28. The summed E-state index contributed by atoms with van der Waals surface area (Å²) < 4.78 is 10.9. The van der Waals surface area contributed by atoms with E-state index in [9.17, 15) is 29.4 Å². The molecular weight excluding hydrogens is 476 g/mol. The van der Waals surface area contributed by atoms with Gasteiger partial charge < -0.3 is 19.7 Å². The average molecular weight is 515 g/mol. The van der Waals surface area contributed by atoms with Crippen LogP contribution < -0.4 is 0 Å². The lowest BCUT2D eigenvalue weighted by atomic mass is 9.51. The molecule has 8 nitrogen and oxygen atoms in total. The fourth-order valence-corrected chi connectivity index (χ4v) is 7.50.